The van der Waals surface area contributed by atoms with Crippen LogP contribution < -0.4 is 10.5 Å². The molecule has 2 rings (SSSR count). The number of aromatic nitrogens is 1. The Morgan fingerprint density at radius 1 is 1.52 bits per heavy atom. The average Bonchev–Trinajstić information content (AvgIpc) is 2.74. The molecule has 1 amide bonds. The molecule has 1 saturated heterocycles. The van der Waals surface area contributed by atoms with E-state index in [0.29, 0.717) is 31.0 Å². The van der Waals surface area contributed by atoms with Gasteiger partial charge in [0.25, 0.3) is 5.91 Å². The van der Waals surface area contributed by atoms with Crippen molar-refractivity contribution < 1.29 is 13.2 Å². The van der Waals surface area contributed by atoms with Gasteiger partial charge >= 0.3 is 0 Å². The standard InChI is InChI=1S/C13H22N4O3S/c1-16-9-11(14)6-12(16)13(18)17-5-3-4-10(8-17)7-15-21(2,19)20/h6,9-10,15H,3-5,7-8,14H2,1-2H3. The Labute approximate surface area is 125 Å². The molecule has 7 nitrogen and oxygen atoms in total. The molecule has 1 aliphatic heterocycles. The van der Waals surface area contributed by atoms with Crippen molar-refractivity contribution >= 4 is 21.6 Å². The Morgan fingerprint density at radius 3 is 2.81 bits per heavy atom. The van der Waals surface area contributed by atoms with Gasteiger partial charge in [0.2, 0.25) is 10.0 Å². The van der Waals surface area contributed by atoms with E-state index >= 15 is 0 Å². The zero-order chi connectivity index (χ0) is 15.6. The number of carbonyl (C=O) groups excluding carboxylic acids is 1. The Morgan fingerprint density at radius 2 is 2.24 bits per heavy atom. The van der Waals surface area contributed by atoms with E-state index in [4.69, 9.17) is 5.73 Å². The van der Waals surface area contributed by atoms with Crippen molar-refractivity contribution in [1.82, 2.24) is 14.2 Å². The molecule has 118 valence electrons. The molecule has 0 aliphatic carbocycles. The largest absolute Gasteiger partial charge is 0.397 e. The van der Waals surface area contributed by atoms with Gasteiger partial charge in [0.15, 0.2) is 0 Å². The fourth-order valence-corrected chi connectivity index (χ4v) is 3.19. The summed E-state index contributed by atoms with van der Waals surface area (Å²) in [6.07, 6.45) is 4.65. The van der Waals surface area contributed by atoms with Gasteiger partial charge in [-0.05, 0) is 24.8 Å². The summed E-state index contributed by atoms with van der Waals surface area (Å²) in [5, 5.41) is 0. The number of nitrogens with zero attached hydrogens (tertiary/aromatic N) is 2. The first kappa shape index (κ1) is 15.8. The zero-order valence-electron chi connectivity index (χ0n) is 12.4. The number of hydrogen-bond donors (Lipinski definition) is 2. The number of nitrogen functional groups attached to an aromatic ring is 1. The molecule has 1 aliphatic rings. The monoisotopic (exact) mass is 314 g/mol. The van der Waals surface area contributed by atoms with Crippen LogP contribution in [0.25, 0.3) is 0 Å². The van der Waals surface area contributed by atoms with Crippen molar-refractivity contribution in [3.63, 3.8) is 0 Å². The number of amides is 1. The highest BCUT2D eigenvalue weighted by Gasteiger charge is 2.26. The molecule has 1 unspecified atom stereocenters. The van der Waals surface area contributed by atoms with Crippen LogP contribution in [0.5, 0.6) is 0 Å². The highest BCUT2D eigenvalue weighted by molar-refractivity contribution is 7.88. The number of carbonyl (C=O) groups is 1. The number of anilines is 1. The summed E-state index contributed by atoms with van der Waals surface area (Å²) in [4.78, 5) is 14.3. The molecule has 0 saturated carbocycles. The van der Waals surface area contributed by atoms with Gasteiger partial charge in [-0.1, -0.05) is 0 Å². The van der Waals surface area contributed by atoms with Crippen molar-refractivity contribution in [2.45, 2.75) is 12.8 Å². The second kappa shape index (κ2) is 6.07. The lowest BCUT2D eigenvalue weighted by atomic mass is 9.98. The van der Waals surface area contributed by atoms with E-state index in [1.54, 1.807) is 28.8 Å². The van der Waals surface area contributed by atoms with Crippen molar-refractivity contribution in [2.24, 2.45) is 13.0 Å². The number of likely N-dealkylation sites (tertiary alicyclic amines) is 1. The minimum Gasteiger partial charge on any atom is -0.397 e. The van der Waals surface area contributed by atoms with Crippen LogP contribution in [0, 0.1) is 5.92 Å². The summed E-state index contributed by atoms with van der Waals surface area (Å²) < 4.78 is 26.5. The maximum absolute atomic E-state index is 12.5. The van der Waals surface area contributed by atoms with Gasteiger partial charge in [0, 0.05) is 32.9 Å². The van der Waals surface area contributed by atoms with Gasteiger partial charge in [0.05, 0.1) is 11.9 Å². The SMILES string of the molecule is Cn1cc(N)cc1C(=O)N1CCCC(CNS(C)(=O)=O)C1. The summed E-state index contributed by atoms with van der Waals surface area (Å²) in [6, 6.07) is 1.67. The predicted octanol–water partition coefficient (Wildman–Crippen LogP) is 0.00870. The topological polar surface area (TPSA) is 97.4 Å². The minimum absolute atomic E-state index is 0.0572. The Bertz CT molecular complexity index is 623. The van der Waals surface area contributed by atoms with Crippen LogP contribution in [0.4, 0.5) is 5.69 Å². The molecule has 3 N–H and O–H groups in total. The number of aryl methyl sites for hydroxylation is 1. The third-order valence-electron chi connectivity index (χ3n) is 3.69. The lowest BCUT2D eigenvalue weighted by Crippen LogP contribution is -2.44. The Kier molecular flexibility index (Phi) is 4.58. The number of nitrogens with one attached hydrogen (secondary N) is 1. The Balaban J connectivity index is 2.00. The van der Waals surface area contributed by atoms with Gasteiger partial charge in [-0.2, -0.15) is 0 Å². The maximum atomic E-state index is 12.5. The van der Waals surface area contributed by atoms with Crippen LogP contribution in [-0.2, 0) is 17.1 Å². The minimum atomic E-state index is -3.19. The number of hydrogen-bond acceptors (Lipinski definition) is 4. The summed E-state index contributed by atoms with van der Waals surface area (Å²) in [5.41, 5.74) is 6.82. The first-order valence-electron chi connectivity index (χ1n) is 6.92. The van der Waals surface area contributed by atoms with Crippen LogP contribution in [0.3, 0.4) is 0 Å². The molecule has 0 spiro atoms. The van der Waals surface area contributed by atoms with Crippen molar-refractivity contribution in [3.05, 3.63) is 18.0 Å². The maximum Gasteiger partial charge on any atom is 0.270 e. The molecule has 0 aromatic carbocycles. The van der Waals surface area contributed by atoms with Crippen molar-refractivity contribution in [3.8, 4) is 0 Å². The van der Waals surface area contributed by atoms with E-state index < -0.39 is 10.0 Å². The van der Waals surface area contributed by atoms with Gasteiger partial charge < -0.3 is 15.2 Å². The van der Waals surface area contributed by atoms with E-state index in [0.717, 1.165) is 19.1 Å². The van der Waals surface area contributed by atoms with Crippen LogP contribution in [0.15, 0.2) is 12.3 Å². The predicted molar refractivity (Wildman–Crippen MR) is 81.3 cm³/mol. The molecule has 1 fully saturated rings. The highest BCUT2D eigenvalue weighted by atomic mass is 32.2. The zero-order valence-corrected chi connectivity index (χ0v) is 13.2. The molecule has 0 bridgehead atoms. The fourth-order valence-electron chi connectivity index (χ4n) is 2.65. The lowest BCUT2D eigenvalue weighted by Gasteiger charge is -2.32. The molecule has 1 aromatic heterocycles. The van der Waals surface area contributed by atoms with Crippen LogP contribution in [-0.4, -0.2) is 49.7 Å². The Hall–Kier alpha value is -1.54. The summed E-state index contributed by atoms with van der Waals surface area (Å²) in [5.74, 6) is 0.0910. The van der Waals surface area contributed by atoms with Gasteiger partial charge in [-0.3, -0.25) is 4.79 Å². The molecular formula is C13H22N4O3S. The lowest BCUT2D eigenvalue weighted by molar-refractivity contribution is 0.0667. The number of nitrogens with two attached hydrogens (primary N) is 1. The van der Waals surface area contributed by atoms with Gasteiger partial charge in [0.1, 0.15) is 5.69 Å². The molecule has 1 atom stereocenters. The quantitative estimate of drug-likeness (QED) is 0.818. The molecule has 1 aromatic rings. The molecule has 2 heterocycles. The number of piperidine rings is 1. The fraction of sp³-hybridized carbons (Fsp3) is 0.615. The summed E-state index contributed by atoms with van der Waals surface area (Å²) in [6.45, 7) is 1.63. The molecular weight excluding hydrogens is 292 g/mol. The summed E-state index contributed by atoms with van der Waals surface area (Å²) >= 11 is 0. The summed E-state index contributed by atoms with van der Waals surface area (Å²) in [7, 11) is -1.40. The van der Waals surface area contributed by atoms with Crippen LogP contribution in [0.1, 0.15) is 23.3 Å². The van der Waals surface area contributed by atoms with Crippen LogP contribution in [0.2, 0.25) is 0 Å². The van der Waals surface area contributed by atoms with E-state index in [-0.39, 0.29) is 11.8 Å². The first-order chi connectivity index (χ1) is 9.76. The number of sulfonamides is 1. The second-order valence-electron chi connectivity index (χ2n) is 5.65. The number of rotatable bonds is 4. The van der Waals surface area contributed by atoms with Crippen molar-refractivity contribution in [1.29, 1.82) is 0 Å². The van der Waals surface area contributed by atoms with E-state index in [2.05, 4.69) is 4.72 Å². The normalized spacial score (nSPS) is 19.7. The van der Waals surface area contributed by atoms with E-state index in [1.807, 2.05) is 0 Å². The average molecular weight is 314 g/mol. The third-order valence-corrected chi connectivity index (χ3v) is 4.38. The molecule has 21 heavy (non-hydrogen) atoms. The smallest absolute Gasteiger partial charge is 0.270 e. The van der Waals surface area contributed by atoms with Crippen molar-refractivity contribution in [2.75, 3.05) is 31.6 Å². The van der Waals surface area contributed by atoms with Crippen LogP contribution >= 0.6 is 0 Å². The molecule has 8 heteroatoms. The molecule has 0 radical (unpaired) electrons. The first-order valence-corrected chi connectivity index (χ1v) is 8.81. The van der Waals surface area contributed by atoms with E-state index in [1.165, 1.54) is 0 Å². The third kappa shape index (κ3) is 4.21. The van der Waals surface area contributed by atoms with E-state index in [9.17, 15) is 13.2 Å². The second-order valence-corrected chi connectivity index (χ2v) is 7.48. The van der Waals surface area contributed by atoms with Gasteiger partial charge in [-0.25, -0.2) is 13.1 Å². The van der Waals surface area contributed by atoms with Gasteiger partial charge in [-0.15, -0.1) is 0 Å². The highest BCUT2D eigenvalue weighted by Crippen LogP contribution is 2.19.